The molecule has 1 unspecified atom stereocenters. The summed E-state index contributed by atoms with van der Waals surface area (Å²) in [5.74, 6) is -0.425. The van der Waals surface area contributed by atoms with E-state index in [4.69, 9.17) is 4.42 Å². The minimum atomic E-state index is -0.469. The second-order valence-corrected chi connectivity index (χ2v) is 6.05. The average molecular weight is 355 g/mol. The van der Waals surface area contributed by atoms with Crippen molar-refractivity contribution in [2.45, 2.75) is 18.9 Å². The zero-order valence-electron chi connectivity index (χ0n) is 14.3. The normalized spacial score (nSPS) is 16.3. The van der Waals surface area contributed by atoms with Crippen molar-refractivity contribution in [2.24, 2.45) is 0 Å². The fraction of sp³-hybridized carbons (Fsp3) is 0.316. The van der Waals surface area contributed by atoms with Crippen molar-refractivity contribution >= 4 is 17.7 Å². The molecule has 136 valence electrons. The van der Waals surface area contributed by atoms with Gasteiger partial charge in [0, 0.05) is 25.2 Å². The second-order valence-electron chi connectivity index (χ2n) is 6.05. The van der Waals surface area contributed by atoms with Gasteiger partial charge in [-0.3, -0.25) is 14.4 Å². The van der Waals surface area contributed by atoms with Crippen LogP contribution < -0.4 is 10.6 Å². The fourth-order valence-electron chi connectivity index (χ4n) is 3.00. The zero-order valence-corrected chi connectivity index (χ0v) is 14.3. The van der Waals surface area contributed by atoms with Gasteiger partial charge in [-0.05, 0) is 37.1 Å². The lowest BCUT2D eigenvalue weighted by Crippen LogP contribution is -2.47. The molecule has 2 heterocycles. The van der Waals surface area contributed by atoms with Crippen molar-refractivity contribution < 1.29 is 18.8 Å². The Morgan fingerprint density at radius 1 is 1.04 bits per heavy atom. The Balaban J connectivity index is 1.47. The van der Waals surface area contributed by atoms with Gasteiger partial charge in [0.25, 0.3) is 11.8 Å². The molecule has 1 aromatic heterocycles. The highest BCUT2D eigenvalue weighted by Gasteiger charge is 2.34. The van der Waals surface area contributed by atoms with Crippen molar-refractivity contribution in [3.8, 4) is 0 Å². The first-order chi connectivity index (χ1) is 12.7. The molecule has 0 spiro atoms. The van der Waals surface area contributed by atoms with E-state index in [-0.39, 0.29) is 36.6 Å². The summed E-state index contributed by atoms with van der Waals surface area (Å²) < 4.78 is 4.99. The molecule has 0 radical (unpaired) electrons. The first kappa shape index (κ1) is 17.7. The van der Waals surface area contributed by atoms with E-state index in [1.807, 2.05) is 6.07 Å². The number of rotatable bonds is 6. The number of hydrogen-bond acceptors (Lipinski definition) is 4. The van der Waals surface area contributed by atoms with Gasteiger partial charge in [0.15, 0.2) is 5.76 Å². The minimum absolute atomic E-state index is 0.130. The van der Waals surface area contributed by atoms with E-state index in [1.54, 1.807) is 41.3 Å². The molecule has 0 saturated carbocycles. The van der Waals surface area contributed by atoms with Gasteiger partial charge in [0.1, 0.15) is 6.04 Å². The highest BCUT2D eigenvalue weighted by atomic mass is 16.3. The van der Waals surface area contributed by atoms with Gasteiger partial charge >= 0.3 is 0 Å². The van der Waals surface area contributed by atoms with E-state index < -0.39 is 6.04 Å². The maximum atomic E-state index is 12.6. The van der Waals surface area contributed by atoms with E-state index in [2.05, 4.69) is 10.6 Å². The predicted molar refractivity (Wildman–Crippen MR) is 94.6 cm³/mol. The fourth-order valence-corrected chi connectivity index (χ4v) is 3.00. The van der Waals surface area contributed by atoms with Crippen LogP contribution >= 0.6 is 0 Å². The third-order valence-corrected chi connectivity index (χ3v) is 4.29. The summed E-state index contributed by atoms with van der Waals surface area (Å²) in [5.41, 5.74) is 0.581. The standard InChI is InChI=1S/C19H21N3O4/c23-17(20-10-11-21-18(24)16-9-5-13-26-16)15-8-4-12-22(15)19(25)14-6-2-1-3-7-14/h1-3,5-7,9,13,15H,4,8,10-12H2,(H,20,23)(H,21,24). The number of furan rings is 1. The molecule has 26 heavy (non-hydrogen) atoms. The van der Waals surface area contributed by atoms with E-state index in [9.17, 15) is 14.4 Å². The van der Waals surface area contributed by atoms with Crippen molar-refractivity contribution in [3.63, 3.8) is 0 Å². The van der Waals surface area contributed by atoms with E-state index in [0.29, 0.717) is 18.5 Å². The summed E-state index contributed by atoms with van der Waals surface area (Å²) in [6.45, 7) is 1.14. The largest absolute Gasteiger partial charge is 0.459 e. The van der Waals surface area contributed by atoms with Crippen molar-refractivity contribution in [1.82, 2.24) is 15.5 Å². The van der Waals surface area contributed by atoms with Gasteiger partial charge in [-0.2, -0.15) is 0 Å². The van der Waals surface area contributed by atoms with Crippen LogP contribution in [0.25, 0.3) is 0 Å². The molecule has 7 heteroatoms. The number of amides is 3. The van der Waals surface area contributed by atoms with Gasteiger partial charge in [0.2, 0.25) is 5.91 Å². The Kier molecular flexibility index (Phi) is 5.68. The highest BCUT2D eigenvalue weighted by molar-refractivity contribution is 5.98. The molecule has 3 amide bonds. The van der Waals surface area contributed by atoms with E-state index in [1.165, 1.54) is 6.26 Å². The summed E-state index contributed by atoms with van der Waals surface area (Å²) in [4.78, 5) is 38.4. The number of carbonyl (C=O) groups is 3. The second kappa shape index (κ2) is 8.33. The highest BCUT2D eigenvalue weighted by Crippen LogP contribution is 2.20. The van der Waals surface area contributed by atoms with Crippen molar-refractivity contribution in [1.29, 1.82) is 0 Å². The van der Waals surface area contributed by atoms with Crippen LogP contribution in [0.5, 0.6) is 0 Å². The molecular weight excluding hydrogens is 334 g/mol. The van der Waals surface area contributed by atoms with Gasteiger partial charge in [-0.25, -0.2) is 0 Å². The molecular formula is C19H21N3O4. The molecule has 1 aliphatic heterocycles. The molecule has 3 rings (SSSR count). The Morgan fingerprint density at radius 2 is 1.81 bits per heavy atom. The minimum Gasteiger partial charge on any atom is -0.459 e. The lowest BCUT2D eigenvalue weighted by atomic mass is 10.1. The third-order valence-electron chi connectivity index (χ3n) is 4.29. The number of hydrogen-bond donors (Lipinski definition) is 2. The topological polar surface area (TPSA) is 91.7 Å². The monoisotopic (exact) mass is 355 g/mol. The maximum absolute atomic E-state index is 12.6. The lowest BCUT2D eigenvalue weighted by Gasteiger charge is -2.24. The zero-order chi connectivity index (χ0) is 18.4. The number of carbonyl (C=O) groups excluding carboxylic acids is 3. The Hall–Kier alpha value is -3.09. The van der Waals surface area contributed by atoms with Crippen molar-refractivity contribution in [3.05, 3.63) is 60.1 Å². The van der Waals surface area contributed by atoms with Crippen LogP contribution in [0.1, 0.15) is 33.8 Å². The summed E-state index contributed by atoms with van der Waals surface area (Å²) in [5, 5.41) is 5.45. The molecule has 7 nitrogen and oxygen atoms in total. The summed E-state index contributed by atoms with van der Waals surface area (Å²) in [7, 11) is 0. The van der Waals surface area contributed by atoms with E-state index >= 15 is 0 Å². The molecule has 1 aliphatic rings. The molecule has 1 fully saturated rings. The van der Waals surface area contributed by atoms with E-state index in [0.717, 1.165) is 6.42 Å². The molecule has 1 aromatic carbocycles. The number of likely N-dealkylation sites (tertiary alicyclic amines) is 1. The van der Waals surface area contributed by atoms with Gasteiger partial charge in [-0.1, -0.05) is 18.2 Å². The Bertz CT molecular complexity index is 758. The molecule has 1 atom stereocenters. The molecule has 0 bridgehead atoms. The predicted octanol–water partition coefficient (Wildman–Crippen LogP) is 1.43. The number of benzene rings is 1. The summed E-state index contributed by atoms with van der Waals surface area (Å²) >= 11 is 0. The lowest BCUT2D eigenvalue weighted by molar-refractivity contribution is -0.124. The van der Waals surface area contributed by atoms with Gasteiger partial charge in [0.05, 0.1) is 6.26 Å². The average Bonchev–Trinajstić information content (AvgIpc) is 3.37. The quantitative estimate of drug-likeness (QED) is 0.767. The van der Waals surface area contributed by atoms with Crippen LogP contribution in [0.3, 0.4) is 0 Å². The molecule has 1 saturated heterocycles. The first-order valence-electron chi connectivity index (χ1n) is 8.62. The van der Waals surface area contributed by atoms with Crippen LogP contribution in [-0.4, -0.2) is 48.3 Å². The molecule has 2 N–H and O–H groups in total. The Morgan fingerprint density at radius 3 is 2.54 bits per heavy atom. The number of nitrogens with zero attached hydrogens (tertiary/aromatic N) is 1. The van der Waals surface area contributed by atoms with Crippen LogP contribution in [0, 0.1) is 0 Å². The SMILES string of the molecule is O=C(NCCNC(=O)C1CCCN1C(=O)c1ccccc1)c1ccco1. The first-order valence-corrected chi connectivity index (χ1v) is 8.62. The van der Waals surface area contributed by atoms with Crippen LogP contribution in [0.4, 0.5) is 0 Å². The van der Waals surface area contributed by atoms with Crippen molar-refractivity contribution in [2.75, 3.05) is 19.6 Å². The summed E-state index contributed by atoms with van der Waals surface area (Å²) in [6, 6.07) is 11.7. The van der Waals surface area contributed by atoms with Crippen LogP contribution in [0.2, 0.25) is 0 Å². The molecule has 0 aliphatic carbocycles. The smallest absolute Gasteiger partial charge is 0.287 e. The van der Waals surface area contributed by atoms with Crippen LogP contribution in [0.15, 0.2) is 53.1 Å². The van der Waals surface area contributed by atoms with Gasteiger partial charge in [-0.15, -0.1) is 0 Å². The summed E-state index contributed by atoms with van der Waals surface area (Å²) in [6.07, 6.45) is 2.87. The Labute approximate surface area is 151 Å². The van der Waals surface area contributed by atoms with Gasteiger partial charge < -0.3 is 20.0 Å². The third kappa shape index (κ3) is 4.11. The maximum Gasteiger partial charge on any atom is 0.287 e. The number of nitrogens with one attached hydrogen (secondary N) is 2. The van der Waals surface area contributed by atoms with Crippen LogP contribution in [-0.2, 0) is 4.79 Å². The molecule has 2 aromatic rings.